The van der Waals surface area contributed by atoms with Crippen molar-refractivity contribution in [3.63, 3.8) is 0 Å². The number of carbonyl (C=O) groups excluding carboxylic acids is 2. The number of anilines is 1. The zero-order valence-corrected chi connectivity index (χ0v) is 20.7. The van der Waals surface area contributed by atoms with Crippen LogP contribution >= 0.6 is 0 Å². The summed E-state index contributed by atoms with van der Waals surface area (Å²) in [6.45, 7) is 8.53. The van der Waals surface area contributed by atoms with Crippen molar-refractivity contribution in [3.8, 4) is 5.75 Å². The first-order valence-electron chi connectivity index (χ1n) is 11.4. The monoisotopic (exact) mass is 475 g/mol. The molecule has 186 valence electrons. The van der Waals surface area contributed by atoms with Crippen LogP contribution in [0.3, 0.4) is 0 Å². The maximum atomic E-state index is 13.1. The Labute approximate surface area is 198 Å². The average Bonchev–Trinajstić information content (AvgIpc) is 3.28. The summed E-state index contributed by atoms with van der Waals surface area (Å²) in [6, 6.07) is 0.0238. The highest BCUT2D eigenvalue weighted by atomic mass is 16.6. The van der Waals surface area contributed by atoms with E-state index in [4.69, 9.17) is 14.0 Å². The second-order valence-corrected chi connectivity index (χ2v) is 9.33. The molecule has 11 heteroatoms. The molecule has 0 aromatic carbocycles. The van der Waals surface area contributed by atoms with E-state index in [9.17, 15) is 14.4 Å². The molecule has 0 saturated carbocycles. The van der Waals surface area contributed by atoms with E-state index in [0.717, 1.165) is 0 Å². The van der Waals surface area contributed by atoms with E-state index in [1.807, 2.05) is 32.7 Å². The molecule has 34 heavy (non-hydrogen) atoms. The van der Waals surface area contributed by atoms with Crippen molar-refractivity contribution < 1.29 is 23.6 Å². The molecule has 1 amide bonds. The lowest BCUT2D eigenvalue weighted by Gasteiger charge is -2.38. The van der Waals surface area contributed by atoms with Gasteiger partial charge in [-0.1, -0.05) is 5.16 Å². The molecule has 11 nitrogen and oxygen atoms in total. The van der Waals surface area contributed by atoms with Gasteiger partial charge in [-0.15, -0.1) is 0 Å². The Bertz CT molecular complexity index is 1060. The third kappa shape index (κ3) is 5.75. The second kappa shape index (κ2) is 10.3. The van der Waals surface area contributed by atoms with Gasteiger partial charge in [0, 0.05) is 45.2 Å². The molecule has 0 atom stereocenters. The highest BCUT2D eigenvalue weighted by Crippen LogP contribution is 2.24. The minimum absolute atomic E-state index is 0.0127. The third-order valence-corrected chi connectivity index (χ3v) is 5.61. The van der Waals surface area contributed by atoms with E-state index < -0.39 is 11.2 Å². The summed E-state index contributed by atoms with van der Waals surface area (Å²) in [6.07, 6.45) is 3.82. The van der Waals surface area contributed by atoms with Crippen molar-refractivity contribution in [1.29, 1.82) is 0 Å². The molecule has 1 fully saturated rings. The number of ketones is 1. The largest absolute Gasteiger partial charge is 0.486 e. The Morgan fingerprint density at radius 1 is 1.26 bits per heavy atom. The minimum Gasteiger partial charge on any atom is -0.486 e. The van der Waals surface area contributed by atoms with Crippen LogP contribution in [0, 0.1) is 0 Å². The van der Waals surface area contributed by atoms with Crippen molar-refractivity contribution in [1.82, 2.24) is 19.6 Å². The molecule has 3 heterocycles. The number of carbonyl (C=O) groups is 2. The normalized spacial score (nSPS) is 14.7. The third-order valence-electron chi connectivity index (χ3n) is 5.61. The SMILES string of the molecule is CCOc1c(C(=O)Cc2cnoc2)nc(N(C)C2CCN(C(=O)OC(C)(C)C)CC2)n(C)c1=O. The lowest BCUT2D eigenvalue weighted by molar-refractivity contribution is 0.0205. The molecule has 0 unspecified atom stereocenters. The zero-order valence-electron chi connectivity index (χ0n) is 20.7. The summed E-state index contributed by atoms with van der Waals surface area (Å²) < 4.78 is 17.2. The average molecular weight is 476 g/mol. The van der Waals surface area contributed by atoms with Crippen molar-refractivity contribution in [2.45, 2.75) is 58.6 Å². The molecule has 0 N–H and O–H groups in total. The van der Waals surface area contributed by atoms with E-state index in [1.54, 1.807) is 18.9 Å². The lowest BCUT2D eigenvalue weighted by atomic mass is 10.0. The van der Waals surface area contributed by atoms with Gasteiger partial charge in [-0.2, -0.15) is 0 Å². The van der Waals surface area contributed by atoms with Crippen molar-refractivity contribution in [3.05, 3.63) is 34.1 Å². The molecule has 0 bridgehead atoms. The van der Waals surface area contributed by atoms with Crippen molar-refractivity contribution in [2.24, 2.45) is 7.05 Å². The maximum absolute atomic E-state index is 13.1. The fourth-order valence-electron chi connectivity index (χ4n) is 3.86. The lowest BCUT2D eigenvalue weighted by Crippen LogP contribution is -2.48. The Morgan fingerprint density at radius 2 is 1.94 bits per heavy atom. The first-order valence-corrected chi connectivity index (χ1v) is 11.4. The molecule has 1 saturated heterocycles. The summed E-state index contributed by atoms with van der Waals surface area (Å²) in [5.41, 5.74) is -0.415. The Hall–Kier alpha value is -3.37. The number of ether oxygens (including phenoxy) is 2. The molecule has 3 rings (SSSR count). The Kier molecular flexibility index (Phi) is 7.63. The molecule has 0 spiro atoms. The van der Waals surface area contributed by atoms with Gasteiger partial charge < -0.3 is 23.8 Å². The summed E-state index contributed by atoms with van der Waals surface area (Å²) in [5, 5.41) is 3.61. The van der Waals surface area contributed by atoms with Crippen molar-refractivity contribution >= 4 is 17.8 Å². The number of aromatic nitrogens is 3. The minimum atomic E-state index is -0.551. The summed E-state index contributed by atoms with van der Waals surface area (Å²) >= 11 is 0. The fraction of sp³-hybridized carbons (Fsp3) is 0.609. The first-order chi connectivity index (χ1) is 16.0. The topological polar surface area (TPSA) is 120 Å². The van der Waals surface area contributed by atoms with Crippen LogP contribution < -0.4 is 15.2 Å². The maximum Gasteiger partial charge on any atom is 0.410 e. The molecule has 2 aromatic heterocycles. The van der Waals surface area contributed by atoms with E-state index in [2.05, 4.69) is 10.1 Å². The number of piperidine rings is 1. The van der Waals surface area contributed by atoms with Gasteiger partial charge in [0.25, 0.3) is 5.56 Å². The van der Waals surface area contributed by atoms with Gasteiger partial charge in [0.05, 0.1) is 12.8 Å². The molecule has 1 aliphatic rings. The van der Waals surface area contributed by atoms with Crippen LogP contribution in [0.2, 0.25) is 0 Å². The van der Waals surface area contributed by atoms with Gasteiger partial charge in [-0.05, 0) is 40.5 Å². The van der Waals surface area contributed by atoms with Gasteiger partial charge in [0.15, 0.2) is 11.5 Å². The molecule has 0 aliphatic carbocycles. The highest BCUT2D eigenvalue weighted by Gasteiger charge is 2.31. The van der Waals surface area contributed by atoms with E-state index in [-0.39, 0.29) is 42.4 Å². The number of hydrogen-bond donors (Lipinski definition) is 0. The van der Waals surface area contributed by atoms with Crippen LogP contribution in [-0.4, -0.2) is 69.9 Å². The predicted molar refractivity (Wildman–Crippen MR) is 124 cm³/mol. The van der Waals surface area contributed by atoms with Crippen LogP contribution in [0.4, 0.5) is 10.7 Å². The molecular formula is C23H33N5O6. The predicted octanol–water partition coefficient (Wildman–Crippen LogP) is 2.43. The number of nitrogens with zero attached hydrogens (tertiary/aromatic N) is 5. The molecular weight excluding hydrogens is 442 g/mol. The smallest absolute Gasteiger partial charge is 0.410 e. The second-order valence-electron chi connectivity index (χ2n) is 9.33. The van der Waals surface area contributed by atoms with Crippen LogP contribution in [-0.2, 0) is 18.2 Å². The zero-order chi connectivity index (χ0) is 25.0. The van der Waals surface area contributed by atoms with Gasteiger partial charge in [-0.25, -0.2) is 9.78 Å². The standard InChI is InChI=1S/C23H33N5O6/c1-7-32-19-18(17(29)12-15-13-24-33-14-15)25-21(27(6)20(19)30)26(5)16-8-10-28(11-9-16)22(31)34-23(2,3)4/h13-14,16H,7-12H2,1-6H3. The van der Waals surface area contributed by atoms with Crippen LogP contribution in [0.1, 0.15) is 56.6 Å². The first kappa shape index (κ1) is 25.3. The van der Waals surface area contributed by atoms with E-state index >= 15 is 0 Å². The highest BCUT2D eigenvalue weighted by molar-refractivity contribution is 5.98. The van der Waals surface area contributed by atoms with Gasteiger partial charge >= 0.3 is 6.09 Å². The number of rotatable bonds is 7. The van der Waals surface area contributed by atoms with Crippen LogP contribution in [0.25, 0.3) is 0 Å². The van der Waals surface area contributed by atoms with E-state index in [0.29, 0.717) is 37.4 Å². The van der Waals surface area contributed by atoms with Gasteiger partial charge in [0.2, 0.25) is 11.7 Å². The fourth-order valence-corrected chi connectivity index (χ4v) is 3.86. The molecule has 1 aliphatic heterocycles. The van der Waals surface area contributed by atoms with Crippen LogP contribution in [0.5, 0.6) is 5.75 Å². The summed E-state index contributed by atoms with van der Waals surface area (Å²) in [5.74, 6) is -0.0695. The molecule has 0 radical (unpaired) electrons. The summed E-state index contributed by atoms with van der Waals surface area (Å²) in [7, 11) is 3.44. The number of likely N-dealkylation sites (tertiary alicyclic amines) is 1. The summed E-state index contributed by atoms with van der Waals surface area (Å²) in [4.78, 5) is 46.6. The number of amides is 1. The van der Waals surface area contributed by atoms with Crippen LogP contribution in [0.15, 0.2) is 21.8 Å². The van der Waals surface area contributed by atoms with Gasteiger partial charge in [-0.3, -0.25) is 14.2 Å². The quantitative estimate of drug-likeness (QED) is 0.556. The number of hydrogen-bond acceptors (Lipinski definition) is 9. The van der Waals surface area contributed by atoms with E-state index in [1.165, 1.54) is 17.0 Å². The van der Waals surface area contributed by atoms with Crippen molar-refractivity contribution in [2.75, 3.05) is 31.6 Å². The Balaban J connectivity index is 1.82. The number of Topliss-reactive ketones (excluding diaryl/α,β-unsaturated/α-hetero) is 1. The Morgan fingerprint density at radius 3 is 2.50 bits per heavy atom. The molecule has 2 aromatic rings. The van der Waals surface area contributed by atoms with Gasteiger partial charge in [0.1, 0.15) is 11.9 Å².